The highest BCUT2D eigenvalue weighted by atomic mass is 32.3. The molecule has 0 rings (SSSR count). The van der Waals surface area contributed by atoms with Crippen LogP contribution in [-0.4, -0.2) is 85.6 Å². The monoisotopic (exact) mass is 542 g/mol. The van der Waals surface area contributed by atoms with E-state index in [1.165, 1.54) is 77.0 Å². The normalized spacial score (nSPS) is 12.9. The maximum Gasteiger partial charge on any atom is 0.397 e. The van der Waals surface area contributed by atoms with Crippen molar-refractivity contribution in [2.75, 3.05) is 72.7 Å². The molecule has 36 heavy (non-hydrogen) atoms. The van der Waals surface area contributed by atoms with Crippen molar-refractivity contribution in [3.63, 3.8) is 0 Å². The Balaban J connectivity index is 3.53. The van der Waals surface area contributed by atoms with E-state index in [0.29, 0.717) is 58.8 Å². The quantitative estimate of drug-likeness (QED) is 0.0964. The van der Waals surface area contributed by atoms with Gasteiger partial charge in [-0.1, -0.05) is 78.1 Å². The molecule has 0 aliphatic heterocycles. The van der Waals surface area contributed by atoms with E-state index < -0.39 is 10.4 Å². The van der Waals surface area contributed by atoms with Crippen LogP contribution in [0.1, 0.15) is 90.9 Å². The summed E-state index contributed by atoms with van der Waals surface area (Å²) in [6.07, 6.45) is 15.9. The molecule has 1 unspecified atom stereocenters. The van der Waals surface area contributed by atoms with Gasteiger partial charge in [-0.3, -0.25) is 4.55 Å². The van der Waals surface area contributed by atoms with E-state index in [0.717, 1.165) is 6.61 Å². The lowest BCUT2D eigenvalue weighted by Crippen LogP contribution is -2.16. The van der Waals surface area contributed by atoms with Gasteiger partial charge in [-0.05, 0) is 18.8 Å². The van der Waals surface area contributed by atoms with Gasteiger partial charge in [-0.2, -0.15) is 8.42 Å². The number of hydrogen-bond donors (Lipinski definition) is 1. The molecule has 10 heteroatoms. The van der Waals surface area contributed by atoms with E-state index in [-0.39, 0.29) is 13.2 Å². The number of hydrogen-bond acceptors (Lipinski definition) is 8. The van der Waals surface area contributed by atoms with Crippen molar-refractivity contribution < 1.29 is 40.8 Å². The van der Waals surface area contributed by atoms with Crippen LogP contribution in [0.5, 0.6) is 0 Å². The largest absolute Gasteiger partial charge is 0.397 e. The van der Waals surface area contributed by atoms with Crippen molar-refractivity contribution in [3.8, 4) is 0 Å². The first-order valence-electron chi connectivity index (χ1n) is 14.0. The van der Waals surface area contributed by atoms with Crippen molar-refractivity contribution in [1.82, 2.24) is 0 Å². The Morgan fingerprint density at radius 1 is 0.528 bits per heavy atom. The fourth-order valence-corrected chi connectivity index (χ4v) is 3.99. The number of unbranched alkanes of at least 4 members (excludes halogenated alkanes) is 8. The molecule has 9 nitrogen and oxygen atoms in total. The van der Waals surface area contributed by atoms with E-state index in [1.54, 1.807) is 0 Å². The van der Waals surface area contributed by atoms with Crippen LogP contribution in [0, 0.1) is 5.92 Å². The van der Waals surface area contributed by atoms with Crippen LogP contribution in [0.25, 0.3) is 0 Å². The summed E-state index contributed by atoms with van der Waals surface area (Å²) in [6, 6.07) is 0. The molecule has 0 aromatic heterocycles. The zero-order valence-corrected chi connectivity index (χ0v) is 23.8. The molecular weight excluding hydrogens is 488 g/mol. The van der Waals surface area contributed by atoms with Gasteiger partial charge in [0.15, 0.2) is 0 Å². The molecule has 0 aromatic carbocycles. The van der Waals surface area contributed by atoms with Gasteiger partial charge < -0.3 is 23.7 Å². The van der Waals surface area contributed by atoms with Gasteiger partial charge in [0, 0.05) is 6.61 Å². The molecule has 0 radical (unpaired) electrons. The van der Waals surface area contributed by atoms with Crippen LogP contribution in [0.15, 0.2) is 0 Å². The average Bonchev–Trinajstić information content (AvgIpc) is 2.84. The molecule has 0 aliphatic rings. The van der Waals surface area contributed by atoms with Crippen molar-refractivity contribution in [2.24, 2.45) is 5.92 Å². The Morgan fingerprint density at radius 2 is 0.889 bits per heavy atom. The summed E-state index contributed by atoms with van der Waals surface area (Å²) in [4.78, 5) is 0. The second-order valence-corrected chi connectivity index (χ2v) is 10.1. The van der Waals surface area contributed by atoms with E-state index in [2.05, 4.69) is 18.0 Å². The molecule has 1 N–H and O–H groups in total. The minimum absolute atomic E-state index is 0.0550. The Hall–Kier alpha value is -0.330. The summed E-state index contributed by atoms with van der Waals surface area (Å²) < 4.78 is 60.6. The third kappa shape index (κ3) is 29.9. The molecule has 0 aliphatic carbocycles. The fraction of sp³-hybridized carbons (Fsp3) is 1.00. The van der Waals surface area contributed by atoms with E-state index >= 15 is 0 Å². The van der Waals surface area contributed by atoms with Gasteiger partial charge >= 0.3 is 10.4 Å². The predicted octanol–water partition coefficient (Wildman–Crippen LogP) is 5.23. The standard InChI is InChI=1S/C26H54O9S/c1-3-5-7-9-10-12-14-26(13-11-8-6-4-2)25-34-22-21-32-18-17-30-15-16-31-19-20-33-23-24-35-36(27,28)29/h26H,3-25H2,1-2H3,(H,27,28,29). The van der Waals surface area contributed by atoms with E-state index in [1.807, 2.05) is 0 Å². The van der Waals surface area contributed by atoms with Crippen LogP contribution in [0.3, 0.4) is 0 Å². The highest BCUT2D eigenvalue weighted by Gasteiger charge is 2.09. The highest BCUT2D eigenvalue weighted by molar-refractivity contribution is 7.80. The Bertz CT molecular complexity index is 532. The van der Waals surface area contributed by atoms with Gasteiger partial charge in [0.2, 0.25) is 0 Å². The highest BCUT2D eigenvalue weighted by Crippen LogP contribution is 2.19. The van der Waals surface area contributed by atoms with Crippen LogP contribution in [0.4, 0.5) is 0 Å². The predicted molar refractivity (Wildman–Crippen MR) is 142 cm³/mol. The van der Waals surface area contributed by atoms with Crippen molar-refractivity contribution >= 4 is 10.4 Å². The minimum Gasteiger partial charge on any atom is -0.379 e. The zero-order chi connectivity index (χ0) is 26.6. The Labute approximate surface area is 220 Å². The molecule has 0 heterocycles. The zero-order valence-electron chi connectivity index (χ0n) is 23.0. The maximum absolute atomic E-state index is 10.3. The average molecular weight is 543 g/mol. The molecule has 0 fully saturated rings. The summed E-state index contributed by atoms with van der Waals surface area (Å²) in [7, 11) is -4.40. The summed E-state index contributed by atoms with van der Waals surface area (Å²) in [5.41, 5.74) is 0. The first-order valence-corrected chi connectivity index (χ1v) is 15.4. The molecule has 0 saturated heterocycles. The SMILES string of the molecule is CCCCCCCCC(CCCCCC)COCCOCCOCCOCCOCCOS(=O)(=O)O. The molecule has 0 spiro atoms. The van der Waals surface area contributed by atoms with Gasteiger partial charge in [-0.15, -0.1) is 0 Å². The second-order valence-electron chi connectivity index (χ2n) is 9.05. The topological polar surface area (TPSA) is 110 Å². The van der Waals surface area contributed by atoms with E-state index in [4.69, 9.17) is 28.2 Å². The van der Waals surface area contributed by atoms with Crippen LogP contribution in [0.2, 0.25) is 0 Å². The smallest absolute Gasteiger partial charge is 0.379 e. The third-order valence-electron chi connectivity index (χ3n) is 5.73. The molecule has 1 atom stereocenters. The van der Waals surface area contributed by atoms with Crippen molar-refractivity contribution in [1.29, 1.82) is 0 Å². The molecule has 218 valence electrons. The Morgan fingerprint density at radius 3 is 1.33 bits per heavy atom. The first-order chi connectivity index (χ1) is 17.5. The van der Waals surface area contributed by atoms with Gasteiger partial charge in [0.1, 0.15) is 0 Å². The summed E-state index contributed by atoms with van der Waals surface area (Å²) in [5.74, 6) is 0.673. The Kier molecular flexibility index (Phi) is 27.4. The first kappa shape index (κ1) is 35.7. The number of rotatable bonds is 30. The summed E-state index contributed by atoms with van der Waals surface area (Å²) in [6.45, 7) is 8.99. The lowest BCUT2D eigenvalue weighted by Gasteiger charge is -2.17. The van der Waals surface area contributed by atoms with Gasteiger partial charge in [0.25, 0.3) is 0 Å². The molecule has 0 amide bonds. The minimum atomic E-state index is -4.40. The maximum atomic E-state index is 10.3. The fourth-order valence-electron chi connectivity index (χ4n) is 3.71. The molecule has 0 bridgehead atoms. The second kappa shape index (κ2) is 27.7. The molecule has 0 aromatic rings. The van der Waals surface area contributed by atoms with E-state index in [9.17, 15) is 8.42 Å². The molecule has 0 saturated carbocycles. The van der Waals surface area contributed by atoms with Crippen LogP contribution in [-0.2, 0) is 38.3 Å². The van der Waals surface area contributed by atoms with Crippen LogP contribution >= 0.6 is 0 Å². The van der Waals surface area contributed by atoms with Crippen LogP contribution < -0.4 is 0 Å². The van der Waals surface area contributed by atoms with Gasteiger partial charge in [0.05, 0.1) is 66.1 Å². The summed E-state index contributed by atoms with van der Waals surface area (Å²) in [5, 5.41) is 0. The van der Waals surface area contributed by atoms with Crippen molar-refractivity contribution in [2.45, 2.75) is 90.9 Å². The third-order valence-corrected chi connectivity index (χ3v) is 6.20. The van der Waals surface area contributed by atoms with Crippen molar-refractivity contribution in [3.05, 3.63) is 0 Å². The number of ether oxygens (including phenoxy) is 5. The summed E-state index contributed by atoms with van der Waals surface area (Å²) >= 11 is 0. The lowest BCUT2D eigenvalue weighted by atomic mass is 9.95. The molecular formula is C26H54O9S. The van der Waals surface area contributed by atoms with Gasteiger partial charge in [-0.25, -0.2) is 4.18 Å². The lowest BCUT2D eigenvalue weighted by molar-refractivity contribution is -0.0155.